The maximum Gasteiger partial charge on any atom is 0.162 e. The van der Waals surface area contributed by atoms with Crippen molar-refractivity contribution in [3.63, 3.8) is 0 Å². The van der Waals surface area contributed by atoms with Crippen LogP contribution in [0.3, 0.4) is 0 Å². The Labute approximate surface area is 81.1 Å². The summed E-state index contributed by atoms with van der Waals surface area (Å²) in [7, 11) is 0. The summed E-state index contributed by atoms with van der Waals surface area (Å²) in [5.41, 5.74) is 0.551. The van der Waals surface area contributed by atoms with Crippen molar-refractivity contribution in [2.75, 3.05) is 13.2 Å². The molecule has 0 saturated heterocycles. The highest BCUT2D eigenvalue weighted by molar-refractivity contribution is 5.76. The lowest BCUT2D eigenvalue weighted by atomic mass is 10.2. The standard InChI is InChI=1S/C10H10O4/c11-4-7-1-2-9-10(3-7)13-6-8(5-12)14-9/h1-4,8,12H,5-6H2. The summed E-state index contributed by atoms with van der Waals surface area (Å²) in [6, 6.07) is 4.94. The summed E-state index contributed by atoms with van der Waals surface area (Å²) < 4.78 is 10.7. The zero-order valence-electron chi connectivity index (χ0n) is 7.47. The summed E-state index contributed by atoms with van der Waals surface area (Å²) in [4.78, 5) is 10.5. The van der Waals surface area contributed by atoms with E-state index >= 15 is 0 Å². The number of aldehydes is 1. The van der Waals surface area contributed by atoms with Crippen molar-refractivity contribution in [1.82, 2.24) is 0 Å². The number of carbonyl (C=O) groups excluding carboxylic acids is 1. The van der Waals surface area contributed by atoms with E-state index in [0.29, 0.717) is 23.7 Å². The predicted octanol–water partition coefficient (Wildman–Crippen LogP) is 0.631. The highest BCUT2D eigenvalue weighted by Crippen LogP contribution is 2.31. The number of aliphatic hydroxyl groups is 1. The molecular formula is C10H10O4. The first kappa shape index (κ1) is 9.02. The van der Waals surface area contributed by atoms with Gasteiger partial charge in [0.05, 0.1) is 6.61 Å². The quantitative estimate of drug-likeness (QED) is 0.701. The fourth-order valence-corrected chi connectivity index (χ4v) is 1.29. The molecule has 0 amide bonds. The molecule has 1 aromatic carbocycles. The van der Waals surface area contributed by atoms with Crippen LogP contribution >= 0.6 is 0 Å². The minimum atomic E-state index is -0.315. The second-order valence-corrected chi connectivity index (χ2v) is 3.06. The Morgan fingerprint density at radius 3 is 3.07 bits per heavy atom. The van der Waals surface area contributed by atoms with Crippen molar-refractivity contribution in [1.29, 1.82) is 0 Å². The molecule has 4 heteroatoms. The lowest BCUT2D eigenvalue weighted by molar-refractivity contribution is 0.0456. The molecule has 4 nitrogen and oxygen atoms in total. The second-order valence-electron chi connectivity index (χ2n) is 3.06. The molecule has 1 unspecified atom stereocenters. The molecular weight excluding hydrogens is 184 g/mol. The lowest BCUT2D eigenvalue weighted by Gasteiger charge is -2.25. The van der Waals surface area contributed by atoms with Crippen LogP contribution in [0.5, 0.6) is 11.5 Å². The molecule has 0 bridgehead atoms. The topological polar surface area (TPSA) is 55.8 Å². The third-order valence-electron chi connectivity index (χ3n) is 2.03. The third-order valence-corrected chi connectivity index (χ3v) is 2.03. The number of hydrogen-bond donors (Lipinski definition) is 1. The van der Waals surface area contributed by atoms with Crippen LogP contribution in [0.2, 0.25) is 0 Å². The molecule has 1 aliphatic heterocycles. The van der Waals surface area contributed by atoms with Crippen LogP contribution < -0.4 is 9.47 Å². The lowest BCUT2D eigenvalue weighted by Crippen LogP contribution is -2.32. The fourth-order valence-electron chi connectivity index (χ4n) is 1.29. The van der Waals surface area contributed by atoms with E-state index < -0.39 is 0 Å². The minimum absolute atomic E-state index is 0.0745. The first-order valence-corrected chi connectivity index (χ1v) is 4.33. The molecule has 0 fully saturated rings. The van der Waals surface area contributed by atoms with Crippen LogP contribution in [0.25, 0.3) is 0 Å². The van der Waals surface area contributed by atoms with E-state index in [1.807, 2.05) is 0 Å². The highest BCUT2D eigenvalue weighted by atomic mass is 16.6. The summed E-state index contributed by atoms with van der Waals surface area (Å²) in [5, 5.41) is 8.86. The number of carbonyl (C=O) groups is 1. The molecule has 0 aliphatic carbocycles. The monoisotopic (exact) mass is 194 g/mol. The Morgan fingerprint density at radius 1 is 1.50 bits per heavy atom. The predicted molar refractivity (Wildman–Crippen MR) is 48.8 cm³/mol. The molecule has 14 heavy (non-hydrogen) atoms. The van der Waals surface area contributed by atoms with E-state index in [1.165, 1.54) is 0 Å². The van der Waals surface area contributed by atoms with Crippen LogP contribution in [0.15, 0.2) is 18.2 Å². The van der Waals surface area contributed by atoms with Gasteiger partial charge in [-0.25, -0.2) is 0 Å². The van der Waals surface area contributed by atoms with Crippen LogP contribution in [0.4, 0.5) is 0 Å². The van der Waals surface area contributed by atoms with Gasteiger partial charge in [0.2, 0.25) is 0 Å². The van der Waals surface area contributed by atoms with Crippen molar-refractivity contribution < 1.29 is 19.4 Å². The molecule has 1 aromatic rings. The molecule has 2 rings (SSSR count). The summed E-state index contributed by atoms with van der Waals surface area (Å²) in [6.07, 6.45) is 0.437. The summed E-state index contributed by atoms with van der Waals surface area (Å²) >= 11 is 0. The Morgan fingerprint density at radius 2 is 2.36 bits per heavy atom. The van der Waals surface area contributed by atoms with Gasteiger partial charge in [-0.15, -0.1) is 0 Å². The number of ether oxygens (including phenoxy) is 2. The van der Waals surface area contributed by atoms with Gasteiger partial charge >= 0.3 is 0 Å². The summed E-state index contributed by atoms with van der Waals surface area (Å²) in [6.45, 7) is 0.237. The SMILES string of the molecule is O=Cc1ccc2c(c1)OCC(CO)O2. The third kappa shape index (κ3) is 1.56. The molecule has 0 saturated carbocycles. The minimum Gasteiger partial charge on any atom is -0.486 e. The number of aliphatic hydroxyl groups excluding tert-OH is 1. The zero-order valence-corrected chi connectivity index (χ0v) is 7.47. The Kier molecular flexibility index (Phi) is 2.37. The molecule has 0 aromatic heterocycles. The first-order chi connectivity index (χ1) is 6.83. The number of rotatable bonds is 2. The largest absolute Gasteiger partial charge is 0.486 e. The Hall–Kier alpha value is -1.55. The van der Waals surface area contributed by atoms with Crippen molar-refractivity contribution in [2.45, 2.75) is 6.10 Å². The highest BCUT2D eigenvalue weighted by Gasteiger charge is 2.20. The maximum absolute atomic E-state index is 10.5. The van der Waals surface area contributed by atoms with E-state index in [1.54, 1.807) is 18.2 Å². The van der Waals surface area contributed by atoms with Gasteiger partial charge < -0.3 is 14.6 Å². The van der Waals surface area contributed by atoms with Gasteiger partial charge in [-0.3, -0.25) is 4.79 Å². The number of benzene rings is 1. The van der Waals surface area contributed by atoms with E-state index in [9.17, 15) is 4.79 Å². The average molecular weight is 194 g/mol. The smallest absolute Gasteiger partial charge is 0.162 e. The van der Waals surface area contributed by atoms with Gasteiger partial charge in [0.25, 0.3) is 0 Å². The van der Waals surface area contributed by atoms with Crippen molar-refractivity contribution in [3.8, 4) is 11.5 Å². The number of fused-ring (bicyclic) bond motifs is 1. The van der Waals surface area contributed by atoms with Gasteiger partial charge in [0, 0.05) is 5.56 Å². The fraction of sp³-hybridized carbons (Fsp3) is 0.300. The second kappa shape index (κ2) is 3.67. The Balaban J connectivity index is 2.27. The van der Waals surface area contributed by atoms with E-state index in [2.05, 4.69) is 0 Å². The molecule has 0 spiro atoms. The normalized spacial score (nSPS) is 19.1. The van der Waals surface area contributed by atoms with Gasteiger partial charge in [-0.05, 0) is 18.2 Å². The summed E-state index contributed by atoms with van der Waals surface area (Å²) in [5.74, 6) is 1.13. The van der Waals surface area contributed by atoms with Gasteiger partial charge in [0.15, 0.2) is 17.6 Å². The molecule has 74 valence electrons. The van der Waals surface area contributed by atoms with Crippen LogP contribution in [0.1, 0.15) is 10.4 Å². The van der Waals surface area contributed by atoms with Crippen LogP contribution in [-0.2, 0) is 0 Å². The van der Waals surface area contributed by atoms with E-state index in [4.69, 9.17) is 14.6 Å². The molecule has 1 heterocycles. The number of hydrogen-bond acceptors (Lipinski definition) is 4. The van der Waals surface area contributed by atoms with Gasteiger partial charge in [-0.1, -0.05) is 0 Å². The van der Waals surface area contributed by atoms with Gasteiger partial charge in [0.1, 0.15) is 12.9 Å². The van der Waals surface area contributed by atoms with Crippen molar-refractivity contribution >= 4 is 6.29 Å². The Bertz CT molecular complexity index is 348. The van der Waals surface area contributed by atoms with E-state index in [-0.39, 0.29) is 12.7 Å². The van der Waals surface area contributed by atoms with Gasteiger partial charge in [-0.2, -0.15) is 0 Å². The molecule has 1 N–H and O–H groups in total. The first-order valence-electron chi connectivity index (χ1n) is 4.33. The van der Waals surface area contributed by atoms with Crippen LogP contribution in [-0.4, -0.2) is 30.7 Å². The molecule has 1 aliphatic rings. The zero-order chi connectivity index (χ0) is 9.97. The molecule has 0 radical (unpaired) electrons. The van der Waals surface area contributed by atoms with E-state index in [0.717, 1.165) is 6.29 Å². The van der Waals surface area contributed by atoms with Crippen molar-refractivity contribution in [3.05, 3.63) is 23.8 Å². The maximum atomic E-state index is 10.5. The van der Waals surface area contributed by atoms with Crippen molar-refractivity contribution in [2.24, 2.45) is 0 Å². The average Bonchev–Trinajstić information content (AvgIpc) is 2.27. The molecule has 1 atom stereocenters. The van der Waals surface area contributed by atoms with Crippen LogP contribution in [0, 0.1) is 0 Å².